The van der Waals surface area contributed by atoms with E-state index in [2.05, 4.69) is 19.1 Å². The molecule has 1 rings (SSSR count). The standard InChI is InChI=1S/C21H38O5/c1-2-3-4-5-6-7-8-9-10-11-12-13-14-15-19-20(26-19)21(24)25-17-18(23)16-22/h9-10,18-20,22-23H,2-8,11-17H2,1H3/b10-9-. The van der Waals surface area contributed by atoms with Gasteiger partial charge in [-0.05, 0) is 32.1 Å². The Hall–Kier alpha value is -0.910. The van der Waals surface area contributed by atoms with Gasteiger partial charge in [0, 0.05) is 0 Å². The number of carbonyl (C=O) groups is 1. The molecule has 26 heavy (non-hydrogen) atoms. The number of aliphatic hydroxyl groups is 2. The van der Waals surface area contributed by atoms with Crippen molar-refractivity contribution in [1.82, 2.24) is 0 Å². The second-order valence-electron chi connectivity index (χ2n) is 7.23. The number of unbranched alkanes of at least 4 members (excludes halogenated alkanes) is 9. The quantitative estimate of drug-likeness (QED) is 0.176. The smallest absolute Gasteiger partial charge is 0.338 e. The summed E-state index contributed by atoms with van der Waals surface area (Å²) >= 11 is 0. The lowest BCUT2D eigenvalue weighted by atomic mass is 10.1. The van der Waals surface area contributed by atoms with Crippen LogP contribution in [0.15, 0.2) is 12.2 Å². The van der Waals surface area contributed by atoms with E-state index in [-0.39, 0.29) is 12.7 Å². The van der Waals surface area contributed by atoms with Crippen LogP contribution in [0.5, 0.6) is 0 Å². The first-order chi connectivity index (χ1) is 12.7. The molecule has 0 aliphatic carbocycles. The Balaban J connectivity index is 1.85. The van der Waals surface area contributed by atoms with E-state index in [4.69, 9.17) is 19.7 Å². The zero-order valence-corrected chi connectivity index (χ0v) is 16.4. The Bertz CT molecular complexity index is 383. The van der Waals surface area contributed by atoms with Crippen molar-refractivity contribution in [3.63, 3.8) is 0 Å². The van der Waals surface area contributed by atoms with E-state index in [1.807, 2.05) is 0 Å². The summed E-state index contributed by atoms with van der Waals surface area (Å²) in [6.07, 6.45) is 17.8. The Kier molecular flexibility index (Phi) is 13.5. The van der Waals surface area contributed by atoms with E-state index < -0.39 is 24.8 Å². The minimum absolute atomic E-state index is 0.0305. The lowest BCUT2D eigenvalue weighted by Gasteiger charge is -2.06. The van der Waals surface area contributed by atoms with E-state index in [1.54, 1.807) is 0 Å². The summed E-state index contributed by atoms with van der Waals surface area (Å²) in [5.74, 6) is -0.430. The number of hydrogen-bond donors (Lipinski definition) is 2. The van der Waals surface area contributed by atoms with Crippen molar-refractivity contribution in [3.05, 3.63) is 12.2 Å². The molecule has 5 nitrogen and oxygen atoms in total. The summed E-state index contributed by atoms with van der Waals surface area (Å²) in [4.78, 5) is 11.6. The topological polar surface area (TPSA) is 79.3 Å². The van der Waals surface area contributed by atoms with E-state index in [0.717, 1.165) is 25.7 Å². The molecule has 0 spiro atoms. The summed E-state index contributed by atoms with van der Waals surface area (Å²) in [6.45, 7) is 1.67. The summed E-state index contributed by atoms with van der Waals surface area (Å²) in [5, 5.41) is 17.8. The van der Waals surface area contributed by atoms with Gasteiger partial charge in [0.1, 0.15) is 12.7 Å². The number of ether oxygens (including phenoxy) is 2. The van der Waals surface area contributed by atoms with E-state index >= 15 is 0 Å². The summed E-state index contributed by atoms with van der Waals surface area (Å²) in [7, 11) is 0. The SMILES string of the molecule is CCCCCCCC/C=C\CCCCCC1OC1C(=O)OCC(O)CO. The van der Waals surface area contributed by atoms with E-state index in [9.17, 15) is 4.79 Å². The lowest BCUT2D eigenvalue weighted by Crippen LogP contribution is -2.24. The van der Waals surface area contributed by atoms with Crippen LogP contribution in [0.25, 0.3) is 0 Å². The fourth-order valence-electron chi connectivity index (χ4n) is 2.95. The van der Waals surface area contributed by atoms with E-state index in [1.165, 1.54) is 51.4 Å². The molecule has 0 aromatic rings. The van der Waals surface area contributed by atoms with Crippen LogP contribution in [0, 0.1) is 0 Å². The van der Waals surface area contributed by atoms with Crippen LogP contribution in [-0.2, 0) is 14.3 Å². The molecule has 3 atom stereocenters. The molecule has 0 aromatic carbocycles. The molecule has 0 bridgehead atoms. The minimum Gasteiger partial charge on any atom is -0.461 e. The van der Waals surface area contributed by atoms with Crippen molar-refractivity contribution < 1.29 is 24.5 Å². The van der Waals surface area contributed by atoms with Crippen molar-refractivity contribution in [2.45, 2.75) is 102 Å². The molecule has 152 valence electrons. The maximum Gasteiger partial charge on any atom is 0.338 e. The number of carbonyl (C=O) groups excluding carboxylic acids is 1. The van der Waals surface area contributed by atoms with Crippen LogP contribution in [0.1, 0.15) is 84.0 Å². The molecule has 3 unspecified atom stereocenters. The highest BCUT2D eigenvalue weighted by molar-refractivity contribution is 5.77. The van der Waals surface area contributed by atoms with Crippen LogP contribution in [0.2, 0.25) is 0 Å². The first-order valence-electron chi connectivity index (χ1n) is 10.4. The number of allylic oxidation sites excluding steroid dienone is 2. The molecule has 5 heteroatoms. The molecule has 1 aliphatic rings. The van der Waals surface area contributed by atoms with Gasteiger partial charge in [-0.2, -0.15) is 0 Å². The van der Waals surface area contributed by atoms with Crippen LogP contribution < -0.4 is 0 Å². The Morgan fingerprint density at radius 2 is 1.65 bits per heavy atom. The Morgan fingerprint density at radius 3 is 2.31 bits per heavy atom. The highest BCUT2D eigenvalue weighted by Crippen LogP contribution is 2.28. The van der Waals surface area contributed by atoms with Crippen LogP contribution in [0.4, 0.5) is 0 Å². The highest BCUT2D eigenvalue weighted by atomic mass is 16.6. The van der Waals surface area contributed by atoms with Gasteiger partial charge < -0.3 is 19.7 Å². The van der Waals surface area contributed by atoms with Crippen molar-refractivity contribution in [1.29, 1.82) is 0 Å². The van der Waals surface area contributed by atoms with Gasteiger partial charge in [0.15, 0.2) is 6.10 Å². The maximum absolute atomic E-state index is 11.6. The first-order valence-corrected chi connectivity index (χ1v) is 10.4. The number of epoxide rings is 1. The van der Waals surface area contributed by atoms with Crippen molar-refractivity contribution in [2.24, 2.45) is 0 Å². The summed E-state index contributed by atoms with van der Waals surface area (Å²) < 4.78 is 10.2. The molecular formula is C21H38O5. The Labute approximate surface area is 158 Å². The third-order valence-electron chi connectivity index (χ3n) is 4.69. The van der Waals surface area contributed by atoms with Gasteiger partial charge in [0.25, 0.3) is 0 Å². The molecular weight excluding hydrogens is 332 g/mol. The number of rotatable bonds is 17. The van der Waals surface area contributed by atoms with Crippen molar-refractivity contribution in [3.8, 4) is 0 Å². The van der Waals surface area contributed by atoms with Crippen LogP contribution >= 0.6 is 0 Å². The second kappa shape index (κ2) is 15.2. The minimum atomic E-state index is -1.01. The zero-order valence-electron chi connectivity index (χ0n) is 16.4. The van der Waals surface area contributed by atoms with Gasteiger partial charge in [0.2, 0.25) is 0 Å². The van der Waals surface area contributed by atoms with Gasteiger partial charge >= 0.3 is 5.97 Å². The van der Waals surface area contributed by atoms with Crippen molar-refractivity contribution in [2.75, 3.05) is 13.2 Å². The largest absolute Gasteiger partial charge is 0.461 e. The lowest BCUT2D eigenvalue weighted by molar-refractivity contribution is -0.148. The predicted molar refractivity (Wildman–Crippen MR) is 103 cm³/mol. The number of aliphatic hydroxyl groups excluding tert-OH is 2. The molecule has 0 aromatic heterocycles. The third kappa shape index (κ3) is 11.7. The number of hydrogen-bond acceptors (Lipinski definition) is 5. The monoisotopic (exact) mass is 370 g/mol. The zero-order chi connectivity index (χ0) is 19.0. The van der Waals surface area contributed by atoms with Gasteiger partial charge in [-0.1, -0.05) is 64.0 Å². The molecule has 1 aliphatic heterocycles. The van der Waals surface area contributed by atoms with E-state index in [0.29, 0.717) is 0 Å². The van der Waals surface area contributed by atoms with Gasteiger partial charge in [-0.15, -0.1) is 0 Å². The molecule has 0 amide bonds. The van der Waals surface area contributed by atoms with Gasteiger partial charge in [-0.3, -0.25) is 0 Å². The number of esters is 1. The van der Waals surface area contributed by atoms with Gasteiger partial charge in [-0.25, -0.2) is 4.79 Å². The fourth-order valence-corrected chi connectivity index (χ4v) is 2.95. The average molecular weight is 371 g/mol. The average Bonchev–Trinajstić information content (AvgIpc) is 3.43. The van der Waals surface area contributed by atoms with Crippen LogP contribution in [0.3, 0.4) is 0 Å². The molecule has 0 saturated carbocycles. The second-order valence-corrected chi connectivity index (χ2v) is 7.23. The summed E-state index contributed by atoms with van der Waals surface area (Å²) in [6, 6.07) is 0. The molecule has 0 radical (unpaired) electrons. The predicted octanol–water partition coefficient (Wildman–Crippen LogP) is 3.91. The van der Waals surface area contributed by atoms with Gasteiger partial charge in [0.05, 0.1) is 12.7 Å². The molecule has 2 N–H and O–H groups in total. The molecule has 1 fully saturated rings. The maximum atomic E-state index is 11.6. The fraction of sp³-hybridized carbons (Fsp3) is 0.857. The normalized spacial score (nSPS) is 20.4. The Morgan fingerprint density at radius 1 is 1.04 bits per heavy atom. The highest BCUT2D eigenvalue weighted by Gasteiger charge is 2.45. The molecule has 1 heterocycles. The van der Waals surface area contributed by atoms with Crippen LogP contribution in [-0.4, -0.2) is 47.7 Å². The first kappa shape index (κ1) is 23.1. The third-order valence-corrected chi connectivity index (χ3v) is 4.69. The molecule has 1 saturated heterocycles. The van der Waals surface area contributed by atoms with Crippen molar-refractivity contribution >= 4 is 5.97 Å². The summed E-state index contributed by atoms with van der Waals surface area (Å²) in [5.41, 5.74) is 0.